The number of fused-ring (bicyclic) bond motifs is 1. The number of benzene rings is 1. The molecule has 2 aliphatic heterocycles. The quantitative estimate of drug-likeness (QED) is 0.626. The highest BCUT2D eigenvalue weighted by Crippen LogP contribution is 2.32. The Balaban J connectivity index is 1.46. The lowest BCUT2D eigenvalue weighted by Crippen LogP contribution is -2.36. The Hall–Kier alpha value is -3.68. The van der Waals surface area contributed by atoms with Crippen LogP contribution in [0.4, 0.5) is 32.1 Å². The predicted octanol–water partition coefficient (Wildman–Crippen LogP) is 4.74. The second-order valence-electron chi connectivity index (χ2n) is 8.03. The van der Waals surface area contributed by atoms with E-state index in [4.69, 9.17) is 4.98 Å². The lowest BCUT2D eigenvalue weighted by molar-refractivity contribution is 0.256. The molecule has 5 rings (SSSR count). The number of rotatable bonds is 3. The molecule has 3 aromatic rings. The summed E-state index contributed by atoms with van der Waals surface area (Å²) in [5.74, 6) is -0.0343. The van der Waals surface area contributed by atoms with E-state index in [9.17, 15) is 9.18 Å². The van der Waals surface area contributed by atoms with Gasteiger partial charge in [0.1, 0.15) is 0 Å². The third-order valence-electron chi connectivity index (χ3n) is 5.88. The van der Waals surface area contributed by atoms with E-state index in [0.717, 1.165) is 49.2 Å². The summed E-state index contributed by atoms with van der Waals surface area (Å²) in [5.41, 5.74) is 3.87. The molecule has 0 unspecified atom stereocenters. The molecule has 1 saturated heterocycles. The van der Waals surface area contributed by atoms with Crippen molar-refractivity contribution in [2.75, 3.05) is 46.6 Å². The Labute approximate surface area is 186 Å². The Kier molecular flexibility index (Phi) is 5.58. The van der Waals surface area contributed by atoms with Crippen LogP contribution in [0.3, 0.4) is 0 Å². The van der Waals surface area contributed by atoms with Crippen LogP contribution < -0.4 is 20.4 Å². The third-order valence-corrected chi connectivity index (χ3v) is 5.88. The molecule has 0 aliphatic carbocycles. The number of amides is 2. The highest BCUT2D eigenvalue weighted by molar-refractivity contribution is 6.03. The number of hydrogen-bond donors (Lipinski definition) is 2. The van der Waals surface area contributed by atoms with Crippen molar-refractivity contribution in [2.45, 2.75) is 19.3 Å². The first-order valence-electron chi connectivity index (χ1n) is 11.0. The topological polar surface area (TPSA) is 73.4 Å². The van der Waals surface area contributed by atoms with Crippen LogP contribution in [0.15, 0.2) is 54.9 Å². The lowest BCUT2D eigenvalue weighted by Gasteiger charge is -2.23. The highest BCUT2D eigenvalue weighted by atomic mass is 19.1. The third kappa shape index (κ3) is 4.08. The van der Waals surface area contributed by atoms with Gasteiger partial charge in [-0.25, -0.2) is 14.2 Å². The standard InChI is InChI=1S/C24H25FN6O/c25-19-16-26-11-9-21(19)29-24(32)31-14-4-10-27-22-8-7-20(28-23(22)31)17-5-3-6-18(15-17)30-12-1-2-13-30/h3,5-9,11,15-16,27H,1-2,4,10,12-14H2,(H,26,29,32). The fraction of sp³-hybridized carbons (Fsp3) is 0.292. The molecule has 2 aliphatic rings. The zero-order valence-electron chi connectivity index (χ0n) is 17.7. The summed E-state index contributed by atoms with van der Waals surface area (Å²) in [6, 6.07) is 13.3. The van der Waals surface area contributed by atoms with Gasteiger partial charge < -0.3 is 15.5 Å². The van der Waals surface area contributed by atoms with Gasteiger partial charge >= 0.3 is 6.03 Å². The van der Waals surface area contributed by atoms with Crippen LogP contribution in [0.5, 0.6) is 0 Å². The average Bonchev–Trinajstić information content (AvgIpc) is 3.28. The van der Waals surface area contributed by atoms with Crippen LogP contribution in [0, 0.1) is 5.82 Å². The van der Waals surface area contributed by atoms with E-state index in [1.54, 1.807) is 4.90 Å². The van der Waals surface area contributed by atoms with Gasteiger partial charge in [-0.15, -0.1) is 0 Å². The van der Waals surface area contributed by atoms with Gasteiger partial charge in [0.15, 0.2) is 11.6 Å². The van der Waals surface area contributed by atoms with Gasteiger partial charge in [-0.1, -0.05) is 12.1 Å². The van der Waals surface area contributed by atoms with E-state index in [1.165, 1.54) is 30.8 Å². The number of urea groups is 1. The molecule has 0 radical (unpaired) electrons. The van der Waals surface area contributed by atoms with Gasteiger partial charge in [-0.2, -0.15) is 0 Å². The first-order valence-corrected chi connectivity index (χ1v) is 11.0. The highest BCUT2D eigenvalue weighted by Gasteiger charge is 2.24. The molecular weight excluding hydrogens is 407 g/mol. The monoisotopic (exact) mass is 432 g/mol. The zero-order valence-corrected chi connectivity index (χ0v) is 17.7. The molecule has 7 nitrogen and oxygen atoms in total. The number of aromatic nitrogens is 2. The van der Waals surface area contributed by atoms with Crippen LogP contribution >= 0.6 is 0 Å². The lowest BCUT2D eigenvalue weighted by atomic mass is 10.1. The zero-order chi connectivity index (χ0) is 21.9. The van der Waals surface area contributed by atoms with E-state index >= 15 is 0 Å². The Morgan fingerprint density at radius 2 is 1.94 bits per heavy atom. The van der Waals surface area contributed by atoms with Crippen molar-refractivity contribution >= 4 is 28.9 Å². The number of halogens is 1. The van der Waals surface area contributed by atoms with Crippen LogP contribution in [0.1, 0.15) is 19.3 Å². The van der Waals surface area contributed by atoms with E-state index in [0.29, 0.717) is 12.4 Å². The molecular formula is C24H25FN6O. The minimum atomic E-state index is -0.575. The number of nitrogens with zero attached hydrogens (tertiary/aromatic N) is 4. The van der Waals surface area contributed by atoms with Gasteiger partial charge in [0.25, 0.3) is 0 Å². The number of hydrogen-bond acceptors (Lipinski definition) is 5. The Morgan fingerprint density at radius 3 is 2.78 bits per heavy atom. The largest absolute Gasteiger partial charge is 0.382 e. The Bertz CT molecular complexity index is 1130. The molecule has 4 heterocycles. The summed E-state index contributed by atoms with van der Waals surface area (Å²) in [5, 5.41) is 6.00. The maximum absolute atomic E-state index is 14.0. The van der Waals surface area contributed by atoms with Crippen molar-refractivity contribution in [1.82, 2.24) is 9.97 Å². The maximum Gasteiger partial charge on any atom is 0.327 e. The second-order valence-corrected chi connectivity index (χ2v) is 8.03. The summed E-state index contributed by atoms with van der Waals surface area (Å²) < 4.78 is 14.0. The molecule has 164 valence electrons. The van der Waals surface area contributed by atoms with Crippen LogP contribution in [0.2, 0.25) is 0 Å². The second kappa shape index (κ2) is 8.82. The number of carbonyl (C=O) groups excluding carboxylic acids is 1. The van der Waals surface area contributed by atoms with E-state index < -0.39 is 11.8 Å². The van der Waals surface area contributed by atoms with E-state index in [-0.39, 0.29) is 5.69 Å². The van der Waals surface area contributed by atoms with Crippen molar-refractivity contribution in [1.29, 1.82) is 0 Å². The van der Waals surface area contributed by atoms with Gasteiger partial charge in [0.05, 0.1) is 23.3 Å². The van der Waals surface area contributed by atoms with Gasteiger partial charge in [-0.3, -0.25) is 9.88 Å². The first kappa shape index (κ1) is 20.2. The van der Waals surface area contributed by atoms with Crippen LogP contribution in [0.25, 0.3) is 11.3 Å². The van der Waals surface area contributed by atoms with Gasteiger partial charge in [0.2, 0.25) is 0 Å². The molecule has 2 amide bonds. The first-order chi connectivity index (χ1) is 15.7. The number of pyridine rings is 2. The fourth-order valence-electron chi connectivity index (χ4n) is 4.21. The van der Waals surface area contributed by atoms with E-state index in [2.05, 4.69) is 32.7 Å². The van der Waals surface area contributed by atoms with Crippen LogP contribution in [-0.4, -0.2) is 42.2 Å². The molecule has 2 N–H and O–H groups in total. The molecule has 0 atom stereocenters. The summed E-state index contributed by atoms with van der Waals surface area (Å²) in [4.78, 5) is 25.6. The van der Waals surface area contributed by atoms with Gasteiger partial charge in [-0.05, 0) is 49.6 Å². The van der Waals surface area contributed by atoms with Gasteiger partial charge in [0, 0.05) is 43.6 Å². The molecule has 32 heavy (non-hydrogen) atoms. The Morgan fingerprint density at radius 1 is 1.06 bits per heavy atom. The smallest absolute Gasteiger partial charge is 0.327 e. The summed E-state index contributed by atoms with van der Waals surface area (Å²) >= 11 is 0. The minimum absolute atomic E-state index is 0.0956. The molecule has 0 bridgehead atoms. The summed E-state index contributed by atoms with van der Waals surface area (Å²) in [6.07, 6.45) is 5.71. The molecule has 8 heteroatoms. The molecule has 0 spiro atoms. The van der Waals surface area contributed by atoms with Crippen molar-refractivity contribution in [3.05, 3.63) is 60.7 Å². The van der Waals surface area contributed by atoms with Crippen LogP contribution in [-0.2, 0) is 0 Å². The van der Waals surface area contributed by atoms with Crippen molar-refractivity contribution in [2.24, 2.45) is 0 Å². The minimum Gasteiger partial charge on any atom is -0.382 e. The maximum atomic E-state index is 14.0. The van der Waals surface area contributed by atoms with Crippen molar-refractivity contribution < 1.29 is 9.18 Å². The number of nitrogens with one attached hydrogen (secondary N) is 2. The molecule has 0 saturated carbocycles. The number of carbonyl (C=O) groups is 1. The fourth-order valence-corrected chi connectivity index (χ4v) is 4.21. The van der Waals surface area contributed by atoms with Crippen molar-refractivity contribution in [3.63, 3.8) is 0 Å². The molecule has 2 aromatic heterocycles. The van der Waals surface area contributed by atoms with Crippen molar-refractivity contribution in [3.8, 4) is 11.3 Å². The predicted molar refractivity (Wildman–Crippen MR) is 125 cm³/mol. The normalized spacial score (nSPS) is 15.7. The van der Waals surface area contributed by atoms with E-state index in [1.807, 2.05) is 24.3 Å². The summed E-state index contributed by atoms with van der Waals surface area (Å²) in [6.45, 7) is 3.35. The molecule has 1 aromatic carbocycles. The summed E-state index contributed by atoms with van der Waals surface area (Å²) in [7, 11) is 0. The SMILES string of the molecule is O=C(Nc1ccncc1F)N1CCCNc2ccc(-c3cccc(N4CCCC4)c3)nc21. The average molecular weight is 433 g/mol. The number of anilines is 4. The molecule has 1 fully saturated rings.